The van der Waals surface area contributed by atoms with Gasteiger partial charge in [0.15, 0.2) is 11.5 Å². The van der Waals surface area contributed by atoms with E-state index in [1.807, 2.05) is 0 Å². The average molecular weight is 419 g/mol. The first kappa shape index (κ1) is 20.0. The van der Waals surface area contributed by atoms with Gasteiger partial charge in [-0.25, -0.2) is 4.42 Å². The minimum atomic E-state index is -1.48. The molecule has 30 heavy (non-hydrogen) atoms. The molecule has 1 aliphatic rings. The van der Waals surface area contributed by atoms with Crippen molar-refractivity contribution in [1.29, 1.82) is 0 Å². The summed E-state index contributed by atoms with van der Waals surface area (Å²) in [4.78, 5) is 0. The SMILES string of the molecule is OC[C@H]1OC(Oc2cc3c(O)cc(O)cc3[o+]c2-c2ccc(O)c(O)c2)[C@@H](O)[C@@H]1O. The Morgan fingerprint density at radius 1 is 0.900 bits per heavy atom. The number of rotatable bonds is 4. The predicted octanol–water partition coefficient (Wildman–Crippen LogP) is 1.02. The van der Waals surface area contributed by atoms with Gasteiger partial charge in [0, 0.05) is 18.2 Å². The van der Waals surface area contributed by atoms with Gasteiger partial charge in [0.25, 0.3) is 0 Å². The molecule has 0 spiro atoms. The van der Waals surface area contributed by atoms with Gasteiger partial charge in [-0.3, -0.25) is 0 Å². The van der Waals surface area contributed by atoms with Crippen molar-refractivity contribution in [2.75, 3.05) is 6.61 Å². The van der Waals surface area contributed by atoms with Gasteiger partial charge >= 0.3 is 11.3 Å². The summed E-state index contributed by atoms with van der Waals surface area (Å²) in [5.41, 5.74) is 0.348. The third-order valence-electron chi connectivity index (χ3n) is 4.80. The Kier molecular flexibility index (Phi) is 5.00. The second kappa shape index (κ2) is 7.50. The molecule has 0 radical (unpaired) electrons. The third-order valence-corrected chi connectivity index (χ3v) is 4.80. The van der Waals surface area contributed by atoms with Crippen LogP contribution in [-0.2, 0) is 4.74 Å². The molecule has 1 unspecified atom stereocenters. The second-order valence-corrected chi connectivity index (χ2v) is 6.84. The summed E-state index contributed by atoms with van der Waals surface area (Å²) < 4.78 is 16.8. The molecule has 1 saturated heterocycles. The molecule has 1 fully saturated rings. The van der Waals surface area contributed by atoms with Crippen LogP contribution in [-0.4, -0.2) is 67.0 Å². The van der Waals surface area contributed by atoms with Gasteiger partial charge in [-0.05, 0) is 12.1 Å². The lowest BCUT2D eigenvalue weighted by molar-refractivity contribution is -0.116. The minimum Gasteiger partial charge on any atom is -0.507 e. The zero-order valence-corrected chi connectivity index (χ0v) is 15.3. The molecule has 4 rings (SSSR count). The van der Waals surface area contributed by atoms with Crippen LogP contribution in [0, 0.1) is 0 Å². The summed E-state index contributed by atoms with van der Waals surface area (Å²) in [6, 6.07) is 7.57. The van der Waals surface area contributed by atoms with E-state index in [9.17, 15) is 35.7 Å². The fourth-order valence-corrected chi connectivity index (χ4v) is 3.23. The summed E-state index contributed by atoms with van der Waals surface area (Å²) in [7, 11) is 0. The topological polar surface area (TPSA) is 171 Å². The Bertz CT molecular complexity index is 1100. The lowest BCUT2D eigenvalue weighted by atomic mass is 10.1. The molecule has 158 valence electrons. The number of phenolic OH excluding ortho intramolecular Hbond substituents is 4. The van der Waals surface area contributed by atoms with Crippen LogP contribution >= 0.6 is 0 Å². The normalized spacial score (nSPS) is 23.7. The zero-order chi connectivity index (χ0) is 21.6. The van der Waals surface area contributed by atoms with Crippen molar-refractivity contribution < 1.29 is 49.6 Å². The van der Waals surface area contributed by atoms with E-state index in [0.29, 0.717) is 0 Å². The quantitative estimate of drug-likeness (QED) is 0.239. The van der Waals surface area contributed by atoms with Crippen molar-refractivity contribution in [2.45, 2.75) is 24.6 Å². The number of benzene rings is 2. The number of aliphatic hydroxyl groups is 3. The zero-order valence-electron chi connectivity index (χ0n) is 15.3. The first-order valence-electron chi connectivity index (χ1n) is 8.92. The molecule has 10 nitrogen and oxygen atoms in total. The maximum atomic E-state index is 10.2. The summed E-state index contributed by atoms with van der Waals surface area (Å²) >= 11 is 0. The number of hydrogen-bond donors (Lipinski definition) is 7. The van der Waals surface area contributed by atoms with Gasteiger partial charge in [-0.2, -0.15) is 0 Å². The number of hydrogen-bond acceptors (Lipinski definition) is 9. The van der Waals surface area contributed by atoms with E-state index >= 15 is 0 Å². The molecule has 2 heterocycles. The highest BCUT2D eigenvalue weighted by atomic mass is 16.7. The molecule has 1 aliphatic heterocycles. The first-order valence-corrected chi connectivity index (χ1v) is 8.92. The molecule has 7 N–H and O–H groups in total. The maximum absolute atomic E-state index is 10.2. The monoisotopic (exact) mass is 419 g/mol. The lowest BCUT2D eigenvalue weighted by Crippen LogP contribution is -2.35. The van der Waals surface area contributed by atoms with E-state index in [0.717, 1.165) is 6.07 Å². The van der Waals surface area contributed by atoms with Crippen LogP contribution in [0.5, 0.6) is 28.7 Å². The van der Waals surface area contributed by atoms with Crippen LogP contribution in [0.4, 0.5) is 0 Å². The number of aromatic hydroxyl groups is 4. The summed E-state index contributed by atoms with van der Waals surface area (Å²) in [5.74, 6) is -1.37. The predicted molar refractivity (Wildman–Crippen MR) is 101 cm³/mol. The number of ether oxygens (including phenoxy) is 2. The summed E-state index contributed by atoms with van der Waals surface area (Å²) in [6.45, 7) is -0.543. The van der Waals surface area contributed by atoms with Gasteiger partial charge in [-0.1, -0.05) is 0 Å². The van der Waals surface area contributed by atoms with Crippen molar-refractivity contribution in [3.8, 4) is 40.1 Å². The average Bonchev–Trinajstić information content (AvgIpc) is 2.98. The molecule has 10 heteroatoms. The van der Waals surface area contributed by atoms with Gasteiger partial charge < -0.3 is 45.2 Å². The molecular formula is C20H19O10+. The highest BCUT2D eigenvalue weighted by Crippen LogP contribution is 2.42. The molecule has 4 atom stereocenters. The van der Waals surface area contributed by atoms with E-state index in [1.165, 1.54) is 30.3 Å². The first-order chi connectivity index (χ1) is 14.3. The fourth-order valence-electron chi connectivity index (χ4n) is 3.23. The molecular weight excluding hydrogens is 400 g/mol. The molecule has 1 aromatic heterocycles. The van der Waals surface area contributed by atoms with Crippen LogP contribution in [0.15, 0.2) is 40.8 Å². The number of phenols is 4. The van der Waals surface area contributed by atoms with E-state index in [4.69, 9.17) is 13.9 Å². The highest BCUT2D eigenvalue weighted by molar-refractivity contribution is 5.88. The molecule has 0 amide bonds. The van der Waals surface area contributed by atoms with Crippen LogP contribution in [0.2, 0.25) is 0 Å². The van der Waals surface area contributed by atoms with E-state index < -0.39 is 37.0 Å². The largest absolute Gasteiger partial charge is 0.507 e. The Balaban J connectivity index is 1.85. The maximum Gasteiger partial charge on any atom is 0.402 e. The van der Waals surface area contributed by atoms with Gasteiger partial charge in [0.2, 0.25) is 12.0 Å². The Morgan fingerprint density at radius 3 is 2.33 bits per heavy atom. The third kappa shape index (κ3) is 3.42. The number of fused-ring (bicyclic) bond motifs is 1. The standard InChI is InChI=1S/C20H18O10/c21-7-16-17(26)18(27)20(30-16)29-15-6-10-12(24)4-9(22)5-14(10)28-19(15)8-1-2-11(23)13(25)3-8/h1-6,16-18,20-21,26-27H,7H2,(H3-,22,23,24,25)/p+1/t16-,17-,18+,20?/m1/s1. The molecule has 0 bridgehead atoms. The van der Waals surface area contributed by atoms with E-state index in [-0.39, 0.29) is 45.3 Å². The molecule has 0 saturated carbocycles. The van der Waals surface area contributed by atoms with Gasteiger partial charge in [0.1, 0.15) is 35.2 Å². The fraction of sp³-hybridized carbons (Fsp3) is 0.250. The Hall–Kier alpha value is -3.31. The summed E-state index contributed by atoms with van der Waals surface area (Å²) in [5, 5.41) is 68.8. The van der Waals surface area contributed by atoms with Gasteiger partial charge in [0.05, 0.1) is 18.2 Å². The Morgan fingerprint density at radius 2 is 1.67 bits per heavy atom. The van der Waals surface area contributed by atoms with Crippen LogP contribution in [0.3, 0.4) is 0 Å². The van der Waals surface area contributed by atoms with Crippen molar-refractivity contribution >= 4 is 11.0 Å². The Labute approximate surface area is 169 Å². The molecule has 3 aromatic rings. The molecule has 0 aliphatic carbocycles. The van der Waals surface area contributed by atoms with Crippen molar-refractivity contribution in [3.63, 3.8) is 0 Å². The summed E-state index contributed by atoms with van der Waals surface area (Å²) in [6.07, 6.45) is -5.29. The second-order valence-electron chi connectivity index (χ2n) is 6.84. The van der Waals surface area contributed by atoms with Crippen LogP contribution in [0.1, 0.15) is 0 Å². The minimum absolute atomic E-state index is 0.0144. The van der Waals surface area contributed by atoms with E-state index in [2.05, 4.69) is 0 Å². The van der Waals surface area contributed by atoms with Crippen LogP contribution in [0.25, 0.3) is 22.3 Å². The number of aliphatic hydroxyl groups excluding tert-OH is 3. The van der Waals surface area contributed by atoms with Crippen molar-refractivity contribution in [2.24, 2.45) is 0 Å². The highest BCUT2D eigenvalue weighted by Gasteiger charge is 2.45. The molecule has 2 aromatic carbocycles. The lowest BCUT2D eigenvalue weighted by Gasteiger charge is -2.16. The van der Waals surface area contributed by atoms with E-state index in [1.54, 1.807) is 0 Å². The smallest absolute Gasteiger partial charge is 0.402 e. The van der Waals surface area contributed by atoms with Crippen molar-refractivity contribution in [3.05, 3.63) is 36.4 Å². The van der Waals surface area contributed by atoms with Crippen LogP contribution < -0.4 is 4.74 Å². The van der Waals surface area contributed by atoms with Gasteiger partial charge in [-0.15, -0.1) is 0 Å². The van der Waals surface area contributed by atoms with Crippen molar-refractivity contribution in [1.82, 2.24) is 0 Å².